The first-order chi connectivity index (χ1) is 9.93. The van der Waals surface area contributed by atoms with Crippen LogP contribution in [0.1, 0.15) is 6.42 Å². The molecular formula is C15H20N4O. The highest BCUT2D eigenvalue weighted by Crippen LogP contribution is 2.18. The molecule has 1 saturated heterocycles. The summed E-state index contributed by atoms with van der Waals surface area (Å²) in [7, 11) is 0. The molecule has 3 rings (SSSR count). The van der Waals surface area contributed by atoms with Gasteiger partial charge in [0, 0.05) is 25.0 Å². The fourth-order valence-electron chi connectivity index (χ4n) is 2.48. The quantitative estimate of drug-likeness (QED) is 0.841. The number of hydrogen-bond donors (Lipinski definition) is 1. The Morgan fingerprint density at radius 1 is 1.15 bits per heavy atom. The molecule has 2 heterocycles. The standard InChI is InChI=1S/C15H20N4O/c1-2-5-14-13(4-1)15(18-12-17-14)16-6-3-7-19-8-10-20-11-9-19/h1-2,4-5,12H,3,6-11H2,(H,16,17,18). The van der Waals surface area contributed by atoms with Crippen LogP contribution in [-0.2, 0) is 4.74 Å². The summed E-state index contributed by atoms with van der Waals surface area (Å²) in [6.45, 7) is 5.87. The molecule has 0 amide bonds. The van der Waals surface area contributed by atoms with Crippen LogP contribution in [0.2, 0.25) is 0 Å². The third kappa shape index (κ3) is 3.23. The maximum atomic E-state index is 5.35. The zero-order valence-corrected chi connectivity index (χ0v) is 11.6. The van der Waals surface area contributed by atoms with Crippen LogP contribution >= 0.6 is 0 Å². The molecule has 1 aliphatic heterocycles. The van der Waals surface area contributed by atoms with E-state index < -0.39 is 0 Å². The Bertz CT molecular complexity index is 549. The van der Waals surface area contributed by atoms with Crippen molar-refractivity contribution >= 4 is 16.7 Å². The van der Waals surface area contributed by atoms with Crippen molar-refractivity contribution in [2.45, 2.75) is 6.42 Å². The van der Waals surface area contributed by atoms with Gasteiger partial charge >= 0.3 is 0 Å². The lowest BCUT2D eigenvalue weighted by Gasteiger charge is -2.26. The van der Waals surface area contributed by atoms with Crippen LogP contribution in [0.4, 0.5) is 5.82 Å². The first-order valence-corrected chi connectivity index (χ1v) is 7.17. The Morgan fingerprint density at radius 3 is 2.90 bits per heavy atom. The maximum Gasteiger partial charge on any atom is 0.137 e. The van der Waals surface area contributed by atoms with Gasteiger partial charge in [-0.25, -0.2) is 9.97 Å². The lowest BCUT2D eigenvalue weighted by Crippen LogP contribution is -2.37. The monoisotopic (exact) mass is 272 g/mol. The van der Waals surface area contributed by atoms with Crippen LogP contribution < -0.4 is 5.32 Å². The summed E-state index contributed by atoms with van der Waals surface area (Å²) in [5.41, 5.74) is 0.984. The van der Waals surface area contributed by atoms with Gasteiger partial charge in [-0.15, -0.1) is 0 Å². The summed E-state index contributed by atoms with van der Waals surface area (Å²) in [6.07, 6.45) is 2.73. The highest BCUT2D eigenvalue weighted by molar-refractivity contribution is 5.88. The van der Waals surface area contributed by atoms with Crippen molar-refractivity contribution in [3.8, 4) is 0 Å². The molecule has 1 N–H and O–H groups in total. The molecule has 0 bridgehead atoms. The number of nitrogens with one attached hydrogen (secondary N) is 1. The molecule has 0 radical (unpaired) electrons. The van der Waals surface area contributed by atoms with E-state index in [4.69, 9.17) is 4.74 Å². The second-order valence-corrected chi connectivity index (χ2v) is 4.97. The zero-order valence-electron chi connectivity index (χ0n) is 11.6. The van der Waals surface area contributed by atoms with Crippen molar-refractivity contribution in [2.75, 3.05) is 44.7 Å². The Kier molecular flexibility index (Phi) is 4.40. The predicted octanol–water partition coefficient (Wildman–Crippen LogP) is 1.76. The van der Waals surface area contributed by atoms with Crippen LogP contribution in [0.3, 0.4) is 0 Å². The first-order valence-electron chi connectivity index (χ1n) is 7.17. The van der Waals surface area contributed by atoms with E-state index in [1.807, 2.05) is 18.2 Å². The van der Waals surface area contributed by atoms with E-state index in [9.17, 15) is 0 Å². The van der Waals surface area contributed by atoms with Gasteiger partial charge in [0.15, 0.2) is 0 Å². The van der Waals surface area contributed by atoms with Crippen molar-refractivity contribution in [1.82, 2.24) is 14.9 Å². The normalized spacial score (nSPS) is 16.4. The number of para-hydroxylation sites is 1. The highest BCUT2D eigenvalue weighted by atomic mass is 16.5. The number of hydrogen-bond acceptors (Lipinski definition) is 5. The van der Waals surface area contributed by atoms with E-state index in [1.165, 1.54) is 0 Å². The average Bonchev–Trinajstić information content (AvgIpc) is 2.53. The molecule has 0 unspecified atom stereocenters. The number of ether oxygens (including phenoxy) is 1. The number of rotatable bonds is 5. The predicted molar refractivity (Wildman–Crippen MR) is 79.9 cm³/mol. The summed E-state index contributed by atoms with van der Waals surface area (Å²) >= 11 is 0. The summed E-state index contributed by atoms with van der Waals surface area (Å²) in [5, 5.41) is 4.50. The van der Waals surface area contributed by atoms with Crippen molar-refractivity contribution in [2.24, 2.45) is 0 Å². The van der Waals surface area contributed by atoms with Crippen molar-refractivity contribution in [3.05, 3.63) is 30.6 Å². The lowest BCUT2D eigenvalue weighted by molar-refractivity contribution is 0.0378. The van der Waals surface area contributed by atoms with Crippen molar-refractivity contribution in [3.63, 3.8) is 0 Å². The van der Waals surface area contributed by atoms with Gasteiger partial charge in [-0.2, -0.15) is 0 Å². The van der Waals surface area contributed by atoms with E-state index in [1.54, 1.807) is 6.33 Å². The molecule has 0 saturated carbocycles. The second-order valence-electron chi connectivity index (χ2n) is 4.97. The Morgan fingerprint density at radius 2 is 2.00 bits per heavy atom. The molecule has 1 fully saturated rings. The minimum Gasteiger partial charge on any atom is -0.379 e. The first kappa shape index (κ1) is 13.3. The number of aromatic nitrogens is 2. The molecule has 1 aromatic carbocycles. The highest BCUT2D eigenvalue weighted by Gasteiger charge is 2.09. The number of benzene rings is 1. The SMILES string of the molecule is c1ccc2c(NCCCN3CCOCC3)ncnc2c1. The van der Waals surface area contributed by atoms with Gasteiger partial charge in [0.1, 0.15) is 12.1 Å². The minimum atomic E-state index is 0.865. The van der Waals surface area contributed by atoms with E-state index in [-0.39, 0.29) is 0 Å². The van der Waals surface area contributed by atoms with Gasteiger partial charge < -0.3 is 10.1 Å². The van der Waals surface area contributed by atoms with Crippen LogP contribution in [-0.4, -0.2) is 54.3 Å². The molecule has 0 spiro atoms. The van der Waals surface area contributed by atoms with Crippen LogP contribution in [0.15, 0.2) is 30.6 Å². The topological polar surface area (TPSA) is 50.3 Å². The van der Waals surface area contributed by atoms with Crippen LogP contribution in [0.5, 0.6) is 0 Å². The summed E-state index contributed by atoms with van der Waals surface area (Å²) in [5.74, 6) is 0.928. The van der Waals surface area contributed by atoms with Gasteiger partial charge in [-0.05, 0) is 25.1 Å². The molecule has 0 atom stereocenters. The number of morpholine rings is 1. The Balaban J connectivity index is 1.52. The second kappa shape index (κ2) is 6.63. The third-order valence-electron chi connectivity index (χ3n) is 3.59. The van der Waals surface area contributed by atoms with Crippen LogP contribution in [0.25, 0.3) is 10.9 Å². The Hall–Kier alpha value is -1.72. The van der Waals surface area contributed by atoms with Gasteiger partial charge in [0.25, 0.3) is 0 Å². The third-order valence-corrected chi connectivity index (χ3v) is 3.59. The molecule has 20 heavy (non-hydrogen) atoms. The van der Waals surface area contributed by atoms with E-state index in [0.717, 1.165) is 62.5 Å². The van der Waals surface area contributed by atoms with Gasteiger partial charge in [-0.3, -0.25) is 4.90 Å². The fourth-order valence-corrected chi connectivity index (χ4v) is 2.48. The van der Waals surface area contributed by atoms with Crippen molar-refractivity contribution < 1.29 is 4.74 Å². The van der Waals surface area contributed by atoms with Gasteiger partial charge in [0.05, 0.1) is 18.7 Å². The van der Waals surface area contributed by atoms with Gasteiger partial charge in [0.2, 0.25) is 0 Å². The summed E-state index contributed by atoms with van der Waals surface area (Å²) < 4.78 is 5.35. The largest absolute Gasteiger partial charge is 0.379 e. The van der Waals surface area contributed by atoms with Gasteiger partial charge in [-0.1, -0.05) is 12.1 Å². The fraction of sp³-hybridized carbons (Fsp3) is 0.467. The molecule has 5 heteroatoms. The van der Waals surface area contributed by atoms with Crippen LogP contribution in [0, 0.1) is 0 Å². The minimum absolute atomic E-state index is 0.865. The van der Waals surface area contributed by atoms with E-state index in [0.29, 0.717) is 0 Å². The zero-order chi connectivity index (χ0) is 13.6. The molecule has 5 nitrogen and oxygen atoms in total. The Labute approximate surface area is 119 Å². The van der Waals surface area contributed by atoms with E-state index in [2.05, 4.69) is 26.3 Å². The number of anilines is 1. The molecule has 2 aromatic rings. The number of nitrogens with zero attached hydrogens (tertiary/aromatic N) is 3. The van der Waals surface area contributed by atoms with Crippen molar-refractivity contribution in [1.29, 1.82) is 0 Å². The molecule has 0 aliphatic carbocycles. The molecular weight excluding hydrogens is 252 g/mol. The van der Waals surface area contributed by atoms with E-state index >= 15 is 0 Å². The maximum absolute atomic E-state index is 5.35. The summed E-state index contributed by atoms with van der Waals surface area (Å²) in [4.78, 5) is 11.1. The number of fused-ring (bicyclic) bond motifs is 1. The summed E-state index contributed by atoms with van der Waals surface area (Å²) in [6, 6.07) is 8.08. The lowest BCUT2D eigenvalue weighted by atomic mass is 10.2. The smallest absolute Gasteiger partial charge is 0.137 e. The molecule has 106 valence electrons. The average molecular weight is 272 g/mol. The molecule has 1 aromatic heterocycles. The molecule has 1 aliphatic rings.